The highest BCUT2D eigenvalue weighted by Crippen LogP contribution is 2.32. The van der Waals surface area contributed by atoms with Gasteiger partial charge in [0.05, 0.1) is 17.7 Å². The molecule has 172 valence electrons. The van der Waals surface area contributed by atoms with Crippen LogP contribution in [-0.4, -0.2) is 32.1 Å². The van der Waals surface area contributed by atoms with Gasteiger partial charge in [-0.3, -0.25) is 9.59 Å². The number of methoxy groups -OCH3 is 1. The van der Waals surface area contributed by atoms with Crippen molar-refractivity contribution >= 4 is 44.6 Å². The van der Waals surface area contributed by atoms with Crippen molar-refractivity contribution in [3.05, 3.63) is 76.9 Å². The first kappa shape index (κ1) is 21.7. The standard InChI is InChI=1S/C25H19FN2O5S/c1-31-17-5-2-14-11-23(34-22(14)13-17)25(30)28-19-12-16(4-6-18(19)26)27-24(29)15-3-7-20-21(10-15)33-9-8-32-20/h2-7,10-13H,8-9H2,1H3,(H,27,29)(H,28,30). The molecule has 0 aliphatic carbocycles. The molecule has 0 spiro atoms. The van der Waals surface area contributed by atoms with Crippen molar-refractivity contribution in [2.75, 3.05) is 31.0 Å². The van der Waals surface area contributed by atoms with Crippen LogP contribution in [0.15, 0.2) is 60.7 Å². The average molecular weight is 479 g/mol. The first-order chi connectivity index (χ1) is 16.5. The van der Waals surface area contributed by atoms with Crippen LogP contribution in [-0.2, 0) is 0 Å². The Kier molecular flexibility index (Phi) is 5.77. The summed E-state index contributed by atoms with van der Waals surface area (Å²) in [6.07, 6.45) is 0. The molecule has 2 heterocycles. The Morgan fingerprint density at radius 1 is 0.912 bits per heavy atom. The first-order valence-corrected chi connectivity index (χ1v) is 11.2. The zero-order valence-corrected chi connectivity index (χ0v) is 18.8. The fraction of sp³-hybridized carbons (Fsp3) is 0.120. The van der Waals surface area contributed by atoms with Gasteiger partial charge in [-0.25, -0.2) is 4.39 Å². The molecule has 34 heavy (non-hydrogen) atoms. The minimum atomic E-state index is -0.617. The van der Waals surface area contributed by atoms with E-state index in [1.54, 1.807) is 31.4 Å². The molecule has 2 amide bonds. The second-order valence-electron chi connectivity index (χ2n) is 7.48. The second-order valence-corrected chi connectivity index (χ2v) is 8.56. The van der Waals surface area contributed by atoms with Gasteiger partial charge in [-0.05, 0) is 66.0 Å². The number of nitrogens with one attached hydrogen (secondary N) is 2. The van der Waals surface area contributed by atoms with E-state index in [0.717, 1.165) is 10.1 Å². The molecule has 2 N–H and O–H groups in total. The third-order valence-electron chi connectivity index (χ3n) is 5.23. The quantitative estimate of drug-likeness (QED) is 0.405. The lowest BCUT2D eigenvalue weighted by molar-refractivity contribution is 0.102. The number of hydrogen-bond donors (Lipinski definition) is 2. The van der Waals surface area contributed by atoms with Gasteiger partial charge < -0.3 is 24.8 Å². The summed E-state index contributed by atoms with van der Waals surface area (Å²) in [5, 5.41) is 6.19. The number of halogens is 1. The normalized spacial score (nSPS) is 12.3. The van der Waals surface area contributed by atoms with Gasteiger partial charge in [-0.2, -0.15) is 0 Å². The molecule has 1 aliphatic heterocycles. The number of amides is 2. The van der Waals surface area contributed by atoms with E-state index in [1.165, 1.54) is 29.5 Å². The predicted octanol–water partition coefficient (Wildman–Crippen LogP) is 5.32. The van der Waals surface area contributed by atoms with E-state index in [2.05, 4.69) is 10.6 Å². The van der Waals surface area contributed by atoms with Crippen molar-refractivity contribution in [3.8, 4) is 17.2 Å². The van der Waals surface area contributed by atoms with Crippen LogP contribution in [0.5, 0.6) is 17.2 Å². The number of thiophene rings is 1. The molecule has 7 nitrogen and oxygen atoms in total. The van der Waals surface area contributed by atoms with Gasteiger partial charge in [0, 0.05) is 16.0 Å². The zero-order valence-electron chi connectivity index (χ0n) is 18.0. The third-order valence-corrected chi connectivity index (χ3v) is 6.32. The summed E-state index contributed by atoms with van der Waals surface area (Å²) in [5.41, 5.74) is 0.651. The number of anilines is 2. The largest absolute Gasteiger partial charge is 0.497 e. The summed E-state index contributed by atoms with van der Waals surface area (Å²) in [6.45, 7) is 0.866. The topological polar surface area (TPSA) is 85.9 Å². The summed E-state index contributed by atoms with van der Waals surface area (Å²) in [4.78, 5) is 25.9. The highest BCUT2D eigenvalue weighted by molar-refractivity contribution is 7.20. The number of carbonyl (C=O) groups is 2. The molecule has 1 aliphatic rings. The Labute approximate surface area is 198 Å². The van der Waals surface area contributed by atoms with Gasteiger partial charge in [0.25, 0.3) is 11.8 Å². The lowest BCUT2D eigenvalue weighted by Gasteiger charge is -2.18. The van der Waals surface area contributed by atoms with Gasteiger partial charge in [0.15, 0.2) is 11.5 Å². The maximum Gasteiger partial charge on any atom is 0.265 e. The molecule has 9 heteroatoms. The van der Waals surface area contributed by atoms with Gasteiger partial charge in [0.2, 0.25) is 0 Å². The smallest absolute Gasteiger partial charge is 0.265 e. The first-order valence-electron chi connectivity index (χ1n) is 10.4. The monoisotopic (exact) mass is 478 g/mol. The Hall–Kier alpha value is -4.11. The molecular formula is C25H19FN2O5S. The van der Waals surface area contributed by atoms with Crippen molar-refractivity contribution in [3.63, 3.8) is 0 Å². The molecule has 0 bridgehead atoms. The van der Waals surface area contributed by atoms with Gasteiger partial charge in [-0.1, -0.05) is 0 Å². The Morgan fingerprint density at radius 2 is 1.74 bits per heavy atom. The highest BCUT2D eigenvalue weighted by Gasteiger charge is 2.17. The van der Waals surface area contributed by atoms with Crippen LogP contribution >= 0.6 is 11.3 Å². The molecule has 3 aromatic carbocycles. The van der Waals surface area contributed by atoms with Crippen LogP contribution in [0, 0.1) is 5.82 Å². The fourth-order valence-electron chi connectivity index (χ4n) is 3.52. The van der Waals surface area contributed by atoms with Crippen molar-refractivity contribution in [1.82, 2.24) is 0 Å². The minimum absolute atomic E-state index is 0.0417. The Balaban J connectivity index is 1.32. The van der Waals surface area contributed by atoms with Crippen LogP contribution < -0.4 is 24.8 Å². The fourth-order valence-corrected chi connectivity index (χ4v) is 4.51. The molecule has 5 rings (SSSR count). The zero-order chi connectivity index (χ0) is 23.7. The lowest BCUT2D eigenvalue weighted by atomic mass is 10.1. The Morgan fingerprint density at radius 3 is 2.56 bits per heavy atom. The summed E-state index contributed by atoms with van der Waals surface area (Å²) in [6, 6.07) is 16.1. The van der Waals surface area contributed by atoms with Crippen LogP contribution in [0.4, 0.5) is 15.8 Å². The summed E-state index contributed by atoms with van der Waals surface area (Å²) >= 11 is 1.28. The van der Waals surface area contributed by atoms with Crippen molar-refractivity contribution in [2.24, 2.45) is 0 Å². The molecule has 0 saturated carbocycles. The van der Waals surface area contributed by atoms with Crippen molar-refractivity contribution in [1.29, 1.82) is 0 Å². The van der Waals surface area contributed by atoms with E-state index in [0.29, 0.717) is 46.6 Å². The number of benzene rings is 3. The molecule has 0 radical (unpaired) electrons. The van der Waals surface area contributed by atoms with E-state index in [9.17, 15) is 14.0 Å². The van der Waals surface area contributed by atoms with E-state index >= 15 is 0 Å². The Bertz CT molecular complexity index is 1420. The van der Waals surface area contributed by atoms with Crippen molar-refractivity contribution in [2.45, 2.75) is 0 Å². The number of fused-ring (bicyclic) bond motifs is 2. The summed E-state index contributed by atoms with van der Waals surface area (Å²) < 4.78 is 31.5. The second kappa shape index (κ2) is 9.03. The SMILES string of the molecule is COc1ccc2cc(C(=O)Nc3cc(NC(=O)c4ccc5c(c4)OCCO5)ccc3F)sc2c1. The average Bonchev–Trinajstić information content (AvgIpc) is 3.29. The number of carbonyl (C=O) groups excluding carboxylic acids is 2. The van der Waals surface area contributed by atoms with Crippen LogP contribution in [0.2, 0.25) is 0 Å². The highest BCUT2D eigenvalue weighted by atomic mass is 32.1. The molecule has 0 fully saturated rings. The van der Waals surface area contributed by atoms with E-state index in [-0.39, 0.29) is 5.69 Å². The molecule has 0 saturated heterocycles. The van der Waals surface area contributed by atoms with E-state index < -0.39 is 17.6 Å². The molecule has 0 atom stereocenters. The van der Waals surface area contributed by atoms with Gasteiger partial charge in [-0.15, -0.1) is 11.3 Å². The maximum atomic E-state index is 14.4. The predicted molar refractivity (Wildman–Crippen MR) is 128 cm³/mol. The number of ether oxygens (including phenoxy) is 3. The van der Waals surface area contributed by atoms with Crippen LogP contribution in [0.25, 0.3) is 10.1 Å². The number of rotatable bonds is 5. The maximum absolute atomic E-state index is 14.4. The summed E-state index contributed by atoms with van der Waals surface area (Å²) in [5.74, 6) is 0.289. The van der Waals surface area contributed by atoms with Crippen LogP contribution in [0.1, 0.15) is 20.0 Å². The molecule has 0 unspecified atom stereocenters. The summed E-state index contributed by atoms with van der Waals surface area (Å²) in [7, 11) is 1.57. The molecule has 1 aromatic heterocycles. The third kappa shape index (κ3) is 4.38. The molecular weight excluding hydrogens is 459 g/mol. The van der Waals surface area contributed by atoms with E-state index in [1.807, 2.05) is 18.2 Å². The van der Waals surface area contributed by atoms with Crippen molar-refractivity contribution < 1.29 is 28.2 Å². The van der Waals surface area contributed by atoms with Crippen LogP contribution in [0.3, 0.4) is 0 Å². The number of hydrogen-bond acceptors (Lipinski definition) is 6. The minimum Gasteiger partial charge on any atom is -0.497 e. The lowest BCUT2D eigenvalue weighted by Crippen LogP contribution is -2.17. The van der Waals surface area contributed by atoms with Gasteiger partial charge in [0.1, 0.15) is 24.8 Å². The van der Waals surface area contributed by atoms with E-state index in [4.69, 9.17) is 14.2 Å². The molecule has 4 aromatic rings. The van der Waals surface area contributed by atoms with Gasteiger partial charge >= 0.3 is 0 Å².